The molecule has 76 valence electrons. The maximum atomic E-state index is 11.9. The SMILES string of the molecule is Nc1c(Cl)cccc1C(=O)c1cn[nH]c1. The van der Waals surface area contributed by atoms with Gasteiger partial charge in [-0.3, -0.25) is 9.89 Å². The Kier molecular flexibility index (Phi) is 2.43. The van der Waals surface area contributed by atoms with E-state index in [4.69, 9.17) is 17.3 Å². The van der Waals surface area contributed by atoms with Gasteiger partial charge in [-0.25, -0.2) is 0 Å². The first-order valence-electron chi connectivity index (χ1n) is 4.27. The van der Waals surface area contributed by atoms with Gasteiger partial charge in [0.2, 0.25) is 0 Å². The summed E-state index contributed by atoms with van der Waals surface area (Å²) >= 11 is 5.82. The van der Waals surface area contributed by atoms with Crippen molar-refractivity contribution in [3.05, 3.63) is 46.7 Å². The van der Waals surface area contributed by atoms with Gasteiger partial charge >= 0.3 is 0 Å². The fourth-order valence-corrected chi connectivity index (χ4v) is 1.44. The standard InChI is InChI=1S/C10H8ClN3O/c11-8-3-1-2-7(9(8)12)10(15)6-4-13-14-5-6/h1-5H,12H2,(H,13,14). The number of hydrogen-bond donors (Lipinski definition) is 2. The van der Waals surface area contributed by atoms with Crippen LogP contribution in [0.2, 0.25) is 5.02 Å². The fourth-order valence-electron chi connectivity index (χ4n) is 1.27. The molecule has 0 fully saturated rings. The summed E-state index contributed by atoms with van der Waals surface area (Å²) in [5.74, 6) is -0.191. The van der Waals surface area contributed by atoms with Crippen LogP contribution < -0.4 is 5.73 Å². The quantitative estimate of drug-likeness (QED) is 0.601. The molecular weight excluding hydrogens is 214 g/mol. The van der Waals surface area contributed by atoms with Crippen molar-refractivity contribution in [1.82, 2.24) is 10.2 Å². The Balaban J connectivity index is 2.47. The predicted molar refractivity (Wildman–Crippen MR) is 57.9 cm³/mol. The number of benzene rings is 1. The van der Waals surface area contributed by atoms with Gasteiger partial charge in [0, 0.05) is 11.8 Å². The van der Waals surface area contributed by atoms with E-state index in [0.29, 0.717) is 21.8 Å². The molecule has 2 aromatic rings. The molecule has 0 aliphatic heterocycles. The molecule has 0 bridgehead atoms. The number of aromatic nitrogens is 2. The van der Waals surface area contributed by atoms with Crippen LogP contribution >= 0.6 is 11.6 Å². The zero-order valence-corrected chi connectivity index (χ0v) is 8.45. The van der Waals surface area contributed by atoms with E-state index in [-0.39, 0.29) is 5.78 Å². The molecule has 1 aromatic carbocycles. The van der Waals surface area contributed by atoms with Gasteiger partial charge in [0.15, 0.2) is 5.78 Å². The Labute approximate surface area is 91.1 Å². The van der Waals surface area contributed by atoms with Crippen molar-refractivity contribution in [2.24, 2.45) is 0 Å². The van der Waals surface area contributed by atoms with Gasteiger partial charge in [-0.1, -0.05) is 17.7 Å². The largest absolute Gasteiger partial charge is 0.397 e. The second kappa shape index (κ2) is 3.74. The van der Waals surface area contributed by atoms with E-state index in [9.17, 15) is 4.79 Å². The highest BCUT2D eigenvalue weighted by atomic mass is 35.5. The molecule has 1 aromatic heterocycles. The van der Waals surface area contributed by atoms with Gasteiger partial charge in [0.1, 0.15) is 0 Å². The first kappa shape index (κ1) is 9.73. The van der Waals surface area contributed by atoms with Crippen LogP contribution in [-0.2, 0) is 0 Å². The molecular formula is C10H8ClN3O. The van der Waals surface area contributed by atoms with Gasteiger partial charge in [0.25, 0.3) is 0 Å². The van der Waals surface area contributed by atoms with Crippen LogP contribution in [0, 0.1) is 0 Å². The van der Waals surface area contributed by atoms with Gasteiger partial charge in [-0.2, -0.15) is 5.10 Å². The average Bonchev–Trinajstić information content (AvgIpc) is 2.74. The van der Waals surface area contributed by atoms with Gasteiger partial charge in [-0.05, 0) is 12.1 Å². The molecule has 1 heterocycles. The van der Waals surface area contributed by atoms with Gasteiger partial charge in [-0.15, -0.1) is 0 Å². The third-order valence-electron chi connectivity index (χ3n) is 2.06. The highest BCUT2D eigenvalue weighted by molar-refractivity contribution is 6.34. The van der Waals surface area contributed by atoms with Crippen LogP contribution in [0.1, 0.15) is 15.9 Å². The molecule has 0 radical (unpaired) electrons. The van der Waals surface area contributed by atoms with E-state index in [2.05, 4.69) is 10.2 Å². The summed E-state index contributed by atoms with van der Waals surface area (Å²) < 4.78 is 0. The molecule has 0 unspecified atom stereocenters. The van der Waals surface area contributed by atoms with Crippen molar-refractivity contribution >= 4 is 23.1 Å². The lowest BCUT2D eigenvalue weighted by molar-refractivity contribution is 0.103. The zero-order chi connectivity index (χ0) is 10.8. The number of carbonyl (C=O) groups excluding carboxylic acids is 1. The molecule has 3 N–H and O–H groups in total. The van der Waals surface area contributed by atoms with Crippen LogP contribution in [0.3, 0.4) is 0 Å². The third kappa shape index (κ3) is 1.71. The van der Waals surface area contributed by atoms with Crippen molar-refractivity contribution < 1.29 is 4.79 Å². The van der Waals surface area contributed by atoms with E-state index in [0.717, 1.165) is 0 Å². The van der Waals surface area contributed by atoms with E-state index >= 15 is 0 Å². The number of ketones is 1. The molecule has 0 amide bonds. The maximum absolute atomic E-state index is 11.9. The fraction of sp³-hybridized carbons (Fsp3) is 0. The Morgan fingerprint density at radius 3 is 2.93 bits per heavy atom. The van der Waals surface area contributed by atoms with Crippen molar-refractivity contribution in [3.8, 4) is 0 Å². The lowest BCUT2D eigenvalue weighted by Gasteiger charge is -2.04. The Morgan fingerprint density at radius 1 is 1.47 bits per heavy atom. The number of nitrogens with zero attached hydrogens (tertiary/aromatic N) is 1. The number of nitrogen functional groups attached to an aromatic ring is 1. The van der Waals surface area contributed by atoms with Crippen molar-refractivity contribution in [1.29, 1.82) is 0 Å². The minimum absolute atomic E-state index is 0.191. The topological polar surface area (TPSA) is 71.8 Å². The number of halogens is 1. The minimum atomic E-state index is -0.191. The zero-order valence-electron chi connectivity index (χ0n) is 7.70. The number of nitrogens with one attached hydrogen (secondary N) is 1. The number of carbonyl (C=O) groups is 1. The first-order chi connectivity index (χ1) is 7.20. The van der Waals surface area contributed by atoms with E-state index in [1.165, 1.54) is 12.4 Å². The van der Waals surface area contributed by atoms with E-state index in [1.54, 1.807) is 18.2 Å². The molecule has 15 heavy (non-hydrogen) atoms. The molecule has 4 nitrogen and oxygen atoms in total. The number of nitrogens with two attached hydrogens (primary N) is 1. The van der Waals surface area contributed by atoms with Gasteiger partial charge < -0.3 is 5.73 Å². The summed E-state index contributed by atoms with van der Waals surface area (Å²) in [5, 5.41) is 6.65. The molecule has 0 aliphatic carbocycles. The molecule has 2 rings (SSSR count). The molecule has 5 heteroatoms. The van der Waals surface area contributed by atoms with Crippen molar-refractivity contribution in [2.45, 2.75) is 0 Å². The Morgan fingerprint density at radius 2 is 2.27 bits per heavy atom. The van der Waals surface area contributed by atoms with Crippen LogP contribution in [-0.4, -0.2) is 16.0 Å². The van der Waals surface area contributed by atoms with Crippen LogP contribution in [0.5, 0.6) is 0 Å². The number of rotatable bonds is 2. The normalized spacial score (nSPS) is 10.2. The van der Waals surface area contributed by atoms with Crippen molar-refractivity contribution in [2.75, 3.05) is 5.73 Å². The molecule has 0 saturated carbocycles. The molecule has 0 saturated heterocycles. The summed E-state index contributed by atoms with van der Waals surface area (Å²) in [5.41, 5.74) is 6.86. The lowest BCUT2D eigenvalue weighted by atomic mass is 10.0. The second-order valence-electron chi connectivity index (χ2n) is 3.02. The minimum Gasteiger partial charge on any atom is -0.397 e. The van der Waals surface area contributed by atoms with E-state index < -0.39 is 0 Å². The number of para-hydroxylation sites is 1. The van der Waals surface area contributed by atoms with Crippen LogP contribution in [0.15, 0.2) is 30.6 Å². The van der Waals surface area contributed by atoms with Gasteiger partial charge in [0.05, 0.1) is 22.5 Å². The smallest absolute Gasteiger partial charge is 0.198 e. The summed E-state index contributed by atoms with van der Waals surface area (Å²) in [6, 6.07) is 4.96. The Hall–Kier alpha value is -1.81. The highest BCUT2D eigenvalue weighted by Crippen LogP contribution is 2.24. The summed E-state index contributed by atoms with van der Waals surface area (Å²) in [7, 11) is 0. The summed E-state index contributed by atoms with van der Waals surface area (Å²) in [6.07, 6.45) is 2.96. The summed E-state index contributed by atoms with van der Waals surface area (Å²) in [6.45, 7) is 0. The van der Waals surface area contributed by atoms with E-state index in [1.807, 2.05) is 0 Å². The van der Waals surface area contributed by atoms with Crippen molar-refractivity contribution in [3.63, 3.8) is 0 Å². The number of H-pyrrole nitrogens is 1. The monoisotopic (exact) mass is 221 g/mol. The maximum Gasteiger partial charge on any atom is 0.198 e. The predicted octanol–water partition coefficient (Wildman–Crippen LogP) is 1.88. The van der Waals surface area contributed by atoms with Crippen LogP contribution in [0.4, 0.5) is 5.69 Å². The number of hydrogen-bond acceptors (Lipinski definition) is 3. The molecule has 0 aliphatic rings. The Bertz CT molecular complexity index is 493. The number of aromatic amines is 1. The molecule has 0 spiro atoms. The van der Waals surface area contributed by atoms with Crippen LogP contribution in [0.25, 0.3) is 0 Å². The third-order valence-corrected chi connectivity index (χ3v) is 2.39. The molecule has 0 atom stereocenters. The average molecular weight is 222 g/mol. The lowest BCUT2D eigenvalue weighted by Crippen LogP contribution is -2.04. The first-order valence-corrected chi connectivity index (χ1v) is 4.65. The summed E-state index contributed by atoms with van der Waals surface area (Å²) in [4.78, 5) is 11.9. The number of anilines is 1. The highest BCUT2D eigenvalue weighted by Gasteiger charge is 2.14. The second-order valence-corrected chi connectivity index (χ2v) is 3.42.